The molecule has 0 bridgehead atoms. The fourth-order valence-corrected chi connectivity index (χ4v) is 1.83. The largest absolute Gasteiger partial charge is 0.482 e. The number of ether oxygens (including phenoxy) is 1. The molecule has 0 amide bonds. The van der Waals surface area contributed by atoms with Gasteiger partial charge in [-0.1, -0.05) is 13.8 Å². The predicted octanol–water partition coefficient (Wildman–Crippen LogP) is 4.22. The minimum Gasteiger partial charge on any atom is -0.482 e. The molecule has 0 N–H and O–H groups in total. The van der Waals surface area contributed by atoms with Crippen LogP contribution in [0.2, 0.25) is 0 Å². The standard InChI is InChI=1S/C15H13N2O5.Re/c1-10(2)11-4-3-5-14(6-11)22-15-8-12(16(18)19)7-13(9-15)17(20)21;/h3,5-10H,1-2H3;/q-1;. The smallest absolute Gasteiger partial charge is 0.280 e. The molecule has 0 fully saturated rings. The minimum atomic E-state index is -0.696. The summed E-state index contributed by atoms with van der Waals surface area (Å²) in [5.74, 6) is 0.724. The summed E-state index contributed by atoms with van der Waals surface area (Å²) in [5, 5.41) is 21.7. The van der Waals surface area contributed by atoms with Gasteiger partial charge in [0.25, 0.3) is 11.4 Å². The van der Waals surface area contributed by atoms with E-state index in [4.69, 9.17) is 4.74 Å². The molecule has 0 unspecified atom stereocenters. The molecule has 0 saturated carbocycles. The van der Waals surface area contributed by atoms with Crippen LogP contribution in [0.3, 0.4) is 0 Å². The van der Waals surface area contributed by atoms with Gasteiger partial charge in [0, 0.05) is 26.2 Å². The number of rotatable bonds is 5. The van der Waals surface area contributed by atoms with Crippen LogP contribution in [0.5, 0.6) is 11.5 Å². The Hall–Kier alpha value is -2.30. The average Bonchev–Trinajstić information content (AvgIpc) is 2.47. The Labute approximate surface area is 146 Å². The van der Waals surface area contributed by atoms with E-state index in [-0.39, 0.29) is 32.1 Å². The number of hydrogen-bond acceptors (Lipinski definition) is 5. The van der Waals surface area contributed by atoms with Crippen LogP contribution in [0.1, 0.15) is 25.3 Å². The summed E-state index contributed by atoms with van der Waals surface area (Å²) in [7, 11) is 0. The van der Waals surface area contributed by atoms with Crippen LogP contribution < -0.4 is 4.74 Å². The third-order valence-electron chi connectivity index (χ3n) is 2.95. The van der Waals surface area contributed by atoms with E-state index in [9.17, 15) is 20.2 Å². The molecule has 2 aromatic carbocycles. The SMILES string of the molecule is CC(C)c1[c-]ccc(Oc2cc([N+](=O)[O-])cc([N+](=O)[O-])c2)c1.[Re]. The van der Waals surface area contributed by atoms with Crippen molar-refractivity contribution < 1.29 is 35.0 Å². The Balaban J connectivity index is 0.00000264. The van der Waals surface area contributed by atoms with Crippen molar-refractivity contribution in [2.24, 2.45) is 0 Å². The van der Waals surface area contributed by atoms with Crippen molar-refractivity contribution >= 4 is 11.4 Å². The topological polar surface area (TPSA) is 95.5 Å². The van der Waals surface area contributed by atoms with Crippen LogP contribution in [-0.4, -0.2) is 9.85 Å². The normalized spacial score (nSPS) is 10.0. The van der Waals surface area contributed by atoms with Crippen LogP contribution in [0, 0.1) is 26.3 Å². The van der Waals surface area contributed by atoms with Gasteiger partial charge in [-0.05, 0) is 5.92 Å². The number of hydrogen-bond donors (Lipinski definition) is 0. The quantitative estimate of drug-likeness (QED) is 0.358. The second kappa shape index (κ2) is 7.81. The first-order valence-corrected chi connectivity index (χ1v) is 6.50. The Morgan fingerprint density at radius 2 is 1.57 bits per heavy atom. The summed E-state index contributed by atoms with van der Waals surface area (Å²) in [6.45, 7) is 3.99. The molecule has 8 heteroatoms. The second-order valence-corrected chi connectivity index (χ2v) is 4.94. The van der Waals surface area contributed by atoms with Crippen molar-refractivity contribution in [2.75, 3.05) is 0 Å². The number of nitrogens with zero attached hydrogens (tertiary/aromatic N) is 2. The first-order valence-electron chi connectivity index (χ1n) is 6.50. The zero-order valence-electron chi connectivity index (χ0n) is 12.4. The third kappa shape index (κ3) is 4.84. The minimum absolute atomic E-state index is 0. The molecule has 0 spiro atoms. The van der Waals surface area contributed by atoms with Gasteiger partial charge < -0.3 is 4.74 Å². The molecule has 7 nitrogen and oxygen atoms in total. The monoisotopic (exact) mass is 488 g/mol. The predicted molar refractivity (Wildman–Crippen MR) is 79.2 cm³/mol. The van der Waals surface area contributed by atoms with E-state index in [2.05, 4.69) is 6.07 Å². The number of nitro benzene ring substituents is 2. The van der Waals surface area contributed by atoms with E-state index in [0.29, 0.717) is 5.75 Å². The fraction of sp³-hybridized carbons (Fsp3) is 0.200. The van der Waals surface area contributed by atoms with Crippen LogP contribution in [0.15, 0.2) is 36.4 Å². The Morgan fingerprint density at radius 1 is 1.00 bits per heavy atom. The van der Waals surface area contributed by atoms with Crippen molar-refractivity contribution in [1.29, 1.82) is 0 Å². The van der Waals surface area contributed by atoms with Crippen molar-refractivity contribution in [1.82, 2.24) is 0 Å². The molecule has 121 valence electrons. The molecule has 23 heavy (non-hydrogen) atoms. The molecule has 2 rings (SSSR count). The molecule has 0 aliphatic rings. The van der Waals surface area contributed by atoms with Crippen LogP contribution in [-0.2, 0) is 20.4 Å². The summed E-state index contributed by atoms with van der Waals surface area (Å²) >= 11 is 0. The third-order valence-corrected chi connectivity index (χ3v) is 2.95. The molecular weight excluding hydrogens is 474 g/mol. The zero-order valence-corrected chi connectivity index (χ0v) is 15.1. The molecule has 0 saturated heterocycles. The summed E-state index contributed by atoms with van der Waals surface area (Å²) in [5.41, 5.74) is 0.129. The van der Waals surface area contributed by atoms with E-state index >= 15 is 0 Å². The molecule has 0 aromatic heterocycles. The summed E-state index contributed by atoms with van der Waals surface area (Å²) in [6, 6.07) is 11.3. The van der Waals surface area contributed by atoms with Gasteiger partial charge in [0.15, 0.2) is 0 Å². The van der Waals surface area contributed by atoms with E-state index < -0.39 is 21.2 Å². The summed E-state index contributed by atoms with van der Waals surface area (Å²) < 4.78 is 5.52. The van der Waals surface area contributed by atoms with Gasteiger partial charge in [-0.15, -0.1) is 12.1 Å². The van der Waals surface area contributed by atoms with Gasteiger partial charge in [0.2, 0.25) is 0 Å². The summed E-state index contributed by atoms with van der Waals surface area (Å²) in [6.07, 6.45) is 0. The van der Waals surface area contributed by atoms with Gasteiger partial charge >= 0.3 is 0 Å². The van der Waals surface area contributed by atoms with Gasteiger partial charge in [-0.3, -0.25) is 20.2 Å². The molecule has 0 aliphatic heterocycles. The Bertz CT molecular complexity index is 701. The fourth-order valence-electron chi connectivity index (χ4n) is 1.83. The first kappa shape index (κ1) is 18.8. The van der Waals surface area contributed by atoms with Gasteiger partial charge in [-0.25, -0.2) is 0 Å². The summed E-state index contributed by atoms with van der Waals surface area (Å²) in [4.78, 5) is 20.3. The first-order chi connectivity index (χ1) is 10.4. The van der Waals surface area contributed by atoms with Crippen LogP contribution >= 0.6 is 0 Å². The van der Waals surface area contributed by atoms with Gasteiger partial charge in [-0.2, -0.15) is 17.7 Å². The maximum atomic E-state index is 10.8. The molecule has 2 aromatic rings. The Kier molecular flexibility index (Phi) is 6.37. The Morgan fingerprint density at radius 3 is 2.04 bits per heavy atom. The van der Waals surface area contributed by atoms with E-state index in [1.54, 1.807) is 18.2 Å². The van der Waals surface area contributed by atoms with Crippen molar-refractivity contribution in [3.05, 3.63) is 68.3 Å². The number of benzene rings is 2. The molecule has 0 heterocycles. The molecule has 1 radical (unpaired) electrons. The van der Waals surface area contributed by atoms with E-state index in [1.807, 2.05) is 13.8 Å². The maximum Gasteiger partial charge on any atom is 0.280 e. The number of non-ortho nitro benzene ring substituents is 2. The van der Waals surface area contributed by atoms with E-state index in [0.717, 1.165) is 23.8 Å². The average molecular weight is 487 g/mol. The van der Waals surface area contributed by atoms with E-state index in [1.165, 1.54) is 0 Å². The van der Waals surface area contributed by atoms with Crippen molar-refractivity contribution in [3.63, 3.8) is 0 Å². The van der Waals surface area contributed by atoms with Gasteiger partial charge in [0.05, 0.1) is 28.0 Å². The van der Waals surface area contributed by atoms with Crippen LogP contribution in [0.4, 0.5) is 11.4 Å². The maximum absolute atomic E-state index is 10.8. The van der Waals surface area contributed by atoms with Gasteiger partial charge in [0.1, 0.15) is 5.75 Å². The van der Waals surface area contributed by atoms with Crippen molar-refractivity contribution in [2.45, 2.75) is 19.8 Å². The molecule has 0 atom stereocenters. The molecular formula is C15H13N2O5Re-. The number of nitro groups is 2. The second-order valence-electron chi connectivity index (χ2n) is 4.94. The zero-order chi connectivity index (χ0) is 16.3. The van der Waals surface area contributed by atoms with Crippen molar-refractivity contribution in [3.8, 4) is 11.5 Å². The van der Waals surface area contributed by atoms with Crippen LogP contribution in [0.25, 0.3) is 0 Å². The molecule has 0 aliphatic carbocycles.